The first-order valence-electron chi connectivity index (χ1n) is 5.58. The van der Waals surface area contributed by atoms with Crippen LogP contribution >= 0.6 is 0 Å². The maximum absolute atomic E-state index is 2.67. The second kappa shape index (κ2) is 3.78. The third-order valence-electron chi connectivity index (χ3n) is 3.42. The molecule has 1 aliphatic heterocycles. The minimum atomic E-state index is 0.975. The molecule has 1 saturated heterocycles. The molecule has 70 valence electrons. The third-order valence-corrected chi connectivity index (χ3v) is 3.42. The van der Waals surface area contributed by atoms with Crippen molar-refractivity contribution in [3.8, 4) is 0 Å². The first-order chi connectivity index (χ1) is 5.86. The molecule has 1 nitrogen and oxygen atoms in total. The summed E-state index contributed by atoms with van der Waals surface area (Å²) < 4.78 is 0. The van der Waals surface area contributed by atoms with Crippen molar-refractivity contribution in [2.45, 2.75) is 39.0 Å². The van der Waals surface area contributed by atoms with Crippen molar-refractivity contribution in [3.63, 3.8) is 0 Å². The predicted octanol–water partition coefficient (Wildman–Crippen LogP) is 2.52. The standard InChI is InChI=1S/C11H21N/c1-10(11-5-6-11)9-12-7-3-2-4-8-12/h10-11H,2-9H2,1H3. The normalized spacial score (nSPS) is 28.8. The molecule has 1 aliphatic carbocycles. The quantitative estimate of drug-likeness (QED) is 0.624. The van der Waals surface area contributed by atoms with E-state index in [4.69, 9.17) is 0 Å². The van der Waals surface area contributed by atoms with E-state index in [-0.39, 0.29) is 0 Å². The van der Waals surface area contributed by atoms with Gasteiger partial charge in [-0.1, -0.05) is 13.3 Å². The van der Waals surface area contributed by atoms with Gasteiger partial charge in [-0.15, -0.1) is 0 Å². The summed E-state index contributed by atoms with van der Waals surface area (Å²) in [4.78, 5) is 2.67. The molecule has 2 aliphatic rings. The lowest BCUT2D eigenvalue weighted by Crippen LogP contribution is -2.33. The minimum absolute atomic E-state index is 0.975. The fourth-order valence-corrected chi connectivity index (χ4v) is 2.36. The van der Waals surface area contributed by atoms with Gasteiger partial charge < -0.3 is 4.90 Å². The smallest absolute Gasteiger partial charge is 0.000966 e. The van der Waals surface area contributed by atoms with Crippen molar-refractivity contribution in [1.82, 2.24) is 4.90 Å². The zero-order valence-electron chi connectivity index (χ0n) is 8.26. The van der Waals surface area contributed by atoms with Crippen LogP contribution < -0.4 is 0 Å². The van der Waals surface area contributed by atoms with Crippen molar-refractivity contribution >= 4 is 0 Å². The molecule has 0 aromatic rings. The Hall–Kier alpha value is -0.0400. The Labute approximate surface area is 76.1 Å². The van der Waals surface area contributed by atoms with Crippen molar-refractivity contribution < 1.29 is 0 Å². The summed E-state index contributed by atoms with van der Waals surface area (Å²) in [5.74, 6) is 2.06. The van der Waals surface area contributed by atoms with Gasteiger partial charge in [-0.3, -0.25) is 0 Å². The van der Waals surface area contributed by atoms with E-state index >= 15 is 0 Å². The summed E-state index contributed by atoms with van der Waals surface area (Å²) in [5, 5.41) is 0. The third kappa shape index (κ3) is 2.22. The van der Waals surface area contributed by atoms with Gasteiger partial charge in [0.1, 0.15) is 0 Å². The first kappa shape index (κ1) is 8.55. The summed E-state index contributed by atoms with van der Waals surface area (Å²) >= 11 is 0. The van der Waals surface area contributed by atoms with Gasteiger partial charge in [0.15, 0.2) is 0 Å². The van der Waals surface area contributed by atoms with Crippen LogP contribution in [0.3, 0.4) is 0 Å². The molecule has 1 unspecified atom stereocenters. The molecule has 0 aromatic heterocycles. The Bertz CT molecular complexity index is 134. The van der Waals surface area contributed by atoms with Gasteiger partial charge in [-0.2, -0.15) is 0 Å². The van der Waals surface area contributed by atoms with E-state index in [0.717, 1.165) is 11.8 Å². The Morgan fingerprint density at radius 2 is 1.83 bits per heavy atom. The van der Waals surface area contributed by atoms with Crippen LogP contribution in [0.1, 0.15) is 39.0 Å². The molecule has 1 atom stereocenters. The van der Waals surface area contributed by atoms with Crippen molar-refractivity contribution in [2.24, 2.45) is 11.8 Å². The van der Waals surface area contributed by atoms with Gasteiger partial charge >= 0.3 is 0 Å². The molecule has 0 amide bonds. The Morgan fingerprint density at radius 3 is 2.42 bits per heavy atom. The second-order valence-corrected chi connectivity index (χ2v) is 4.68. The maximum Gasteiger partial charge on any atom is 0.000966 e. The summed E-state index contributed by atoms with van der Waals surface area (Å²) in [6.07, 6.45) is 7.37. The van der Waals surface area contributed by atoms with Gasteiger partial charge in [0.25, 0.3) is 0 Å². The predicted molar refractivity (Wildman–Crippen MR) is 52.2 cm³/mol. The lowest BCUT2D eigenvalue weighted by Gasteiger charge is -2.29. The van der Waals surface area contributed by atoms with Gasteiger partial charge in [0, 0.05) is 6.54 Å². The number of rotatable bonds is 3. The number of hydrogen-bond donors (Lipinski definition) is 0. The van der Waals surface area contributed by atoms with E-state index in [1.807, 2.05) is 0 Å². The van der Waals surface area contributed by atoms with E-state index in [1.54, 1.807) is 0 Å². The second-order valence-electron chi connectivity index (χ2n) is 4.68. The molecule has 1 saturated carbocycles. The molecule has 2 fully saturated rings. The summed E-state index contributed by atoms with van der Waals surface area (Å²) in [7, 11) is 0. The van der Waals surface area contributed by atoms with E-state index in [9.17, 15) is 0 Å². The molecule has 0 N–H and O–H groups in total. The van der Waals surface area contributed by atoms with Gasteiger partial charge in [0.05, 0.1) is 0 Å². The van der Waals surface area contributed by atoms with E-state index in [1.165, 1.54) is 51.7 Å². The molecule has 12 heavy (non-hydrogen) atoms. The summed E-state index contributed by atoms with van der Waals surface area (Å²) in [6.45, 7) is 6.56. The van der Waals surface area contributed by atoms with Crippen LogP contribution in [0.4, 0.5) is 0 Å². The molecule has 0 aromatic carbocycles. The number of likely N-dealkylation sites (tertiary alicyclic amines) is 1. The van der Waals surface area contributed by atoms with E-state index in [0.29, 0.717) is 0 Å². The van der Waals surface area contributed by atoms with Crippen LogP contribution in [-0.4, -0.2) is 24.5 Å². The molecule has 1 heterocycles. The molecule has 0 radical (unpaired) electrons. The summed E-state index contributed by atoms with van der Waals surface area (Å²) in [5.41, 5.74) is 0. The SMILES string of the molecule is CC(CN1CCCCC1)C1CC1. The molecular formula is C11H21N. The average molecular weight is 167 g/mol. The van der Waals surface area contributed by atoms with Gasteiger partial charge in [-0.05, 0) is 50.6 Å². The highest BCUT2D eigenvalue weighted by atomic mass is 15.1. The van der Waals surface area contributed by atoms with Crippen LogP contribution in [0.2, 0.25) is 0 Å². The zero-order chi connectivity index (χ0) is 8.39. The Balaban J connectivity index is 1.69. The lowest BCUT2D eigenvalue weighted by atomic mass is 10.0. The number of nitrogens with zero attached hydrogens (tertiary/aromatic N) is 1. The van der Waals surface area contributed by atoms with Crippen LogP contribution in [0.25, 0.3) is 0 Å². The highest BCUT2D eigenvalue weighted by Gasteiger charge is 2.29. The van der Waals surface area contributed by atoms with E-state index in [2.05, 4.69) is 11.8 Å². The fraction of sp³-hybridized carbons (Fsp3) is 1.00. The average Bonchev–Trinajstić information content (AvgIpc) is 2.88. The Kier molecular flexibility index (Phi) is 2.69. The van der Waals surface area contributed by atoms with Crippen LogP contribution in [0.5, 0.6) is 0 Å². The molecule has 2 rings (SSSR count). The van der Waals surface area contributed by atoms with Crippen molar-refractivity contribution in [2.75, 3.05) is 19.6 Å². The van der Waals surface area contributed by atoms with Crippen LogP contribution in [-0.2, 0) is 0 Å². The zero-order valence-corrected chi connectivity index (χ0v) is 8.26. The molecule has 0 bridgehead atoms. The molecular weight excluding hydrogens is 146 g/mol. The highest BCUT2D eigenvalue weighted by molar-refractivity contribution is 4.81. The lowest BCUT2D eigenvalue weighted by molar-refractivity contribution is 0.192. The fourth-order valence-electron chi connectivity index (χ4n) is 2.36. The highest BCUT2D eigenvalue weighted by Crippen LogP contribution is 2.37. The minimum Gasteiger partial charge on any atom is -0.303 e. The van der Waals surface area contributed by atoms with Gasteiger partial charge in [-0.25, -0.2) is 0 Å². The number of piperidine rings is 1. The molecule has 1 heteroatoms. The van der Waals surface area contributed by atoms with Gasteiger partial charge in [0.2, 0.25) is 0 Å². The van der Waals surface area contributed by atoms with Crippen LogP contribution in [0.15, 0.2) is 0 Å². The summed E-state index contributed by atoms with van der Waals surface area (Å²) in [6, 6.07) is 0. The molecule has 0 spiro atoms. The maximum atomic E-state index is 2.67. The largest absolute Gasteiger partial charge is 0.303 e. The number of hydrogen-bond acceptors (Lipinski definition) is 1. The Morgan fingerprint density at radius 1 is 1.17 bits per heavy atom. The van der Waals surface area contributed by atoms with Crippen molar-refractivity contribution in [1.29, 1.82) is 0 Å². The monoisotopic (exact) mass is 167 g/mol. The van der Waals surface area contributed by atoms with Crippen molar-refractivity contribution in [3.05, 3.63) is 0 Å². The first-order valence-corrected chi connectivity index (χ1v) is 5.58. The van der Waals surface area contributed by atoms with E-state index < -0.39 is 0 Å². The van der Waals surface area contributed by atoms with Crippen LogP contribution in [0, 0.1) is 11.8 Å². The topological polar surface area (TPSA) is 3.24 Å².